The molecule has 0 fully saturated rings. The van der Waals surface area contributed by atoms with E-state index in [1.54, 1.807) is 18.2 Å². The first-order chi connectivity index (χ1) is 9.06. The third kappa shape index (κ3) is 3.68. The number of aryl methyl sites for hydroxylation is 1. The van der Waals surface area contributed by atoms with Crippen LogP contribution in [0.1, 0.15) is 27.4 Å². The van der Waals surface area contributed by atoms with Gasteiger partial charge in [0.15, 0.2) is 0 Å². The molecule has 0 radical (unpaired) electrons. The van der Waals surface area contributed by atoms with Crippen molar-refractivity contribution in [2.45, 2.75) is 20.0 Å². The molecule has 2 aromatic rings. The van der Waals surface area contributed by atoms with Gasteiger partial charge in [-0.15, -0.1) is 0 Å². The van der Waals surface area contributed by atoms with Gasteiger partial charge in [0.2, 0.25) is 0 Å². The molecule has 2 rings (SSSR count). The Morgan fingerprint density at radius 3 is 2.68 bits per heavy atom. The maximum atomic E-state index is 10.8. The zero-order valence-electron chi connectivity index (χ0n) is 10.4. The number of rotatable bonds is 5. The average Bonchev–Trinajstić information content (AvgIpc) is 2.77. The molecule has 0 aliphatic heterocycles. The van der Waals surface area contributed by atoms with Crippen LogP contribution in [0.3, 0.4) is 0 Å². The molecule has 5 heteroatoms. The second-order valence-electron chi connectivity index (χ2n) is 4.23. The second-order valence-corrected chi connectivity index (χ2v) is 5.08. The van der Waals surface area contributed by atoms with Gasteiger partial charge in [-0.3, -0.25) is 0 Å². The van der Waals surface area contributed by atoms with Gasteiger partial charge in [0, 0.05) is 11.0 Å². The topological polar surface area (TPSA) is 62.5 Å². The monoisotopic (exact) mass is 323 g/mol. The molecule has 100 valence electrons. The van der Waals surface area contributed by atoms with E-state index in [-0.39, 0.29) is 5.56 Å². The van der Waals surface area contributed by atoms with Gasteiger partial charge in [-0.05, 0) is 36.8 Å². The van der Waals surface area contributed by atoms with Crippen molar-refractivity contribution in [1.29, 1.82) is 0 Å². The zero-order valence-corrected chi connectivity index (χ0v) is 12.0. The Hall–Kier alpha value is -1.59. The van der Waals surface area contributed by atoms with E-state index >= 15 is 0 Å². The Labute approximate surface area is 119 Å². The van der Waals surface area contributed by atoms with Crippen LogP contribution in [-0.4, -0.2) is 11.1 Å². The van der Waals surface area contributed by atoms with Crippen molar-refractivity contribution in [3.8, 4) is 0 Å². The molecule has 0 saturated heterocycles. The predicted octanol–water partition coefficient (Wildman–Crippen LogP) is 3.34. The van der Waals surface area contributed by atoms with E-state index in [2.05, 4.69) is 21.2 Å². The van der Waals surface area contributed by atoms with Gasteiger partial charge in [0.25, 0.3) is 0 Å². The van der Waals surface area contributed by atoms with Gasteiger partial charge >= 0.3 is 5.97 Å². The first-order valence-electron chi connectivity index (χ1n) is 5.84. The Morgan fingerprint density at radius 1 is 1.32 bits per heavy atom. The van der Waals surface area contributed by atoms with Gasteiger partial charge < -0.3 is 14.8 Å². The number of hydrogen-bond donors (Lipinski definition) is 2. The Bertz CT molecular complexity index is 592. The minimum Gasteiger partial charge on any atom is -0.478 e. The quantitative estimate of drug-likeness (QED) is 0.885. The van der Waals surface area contributed by atoms with E-state index in [1.807, 2.05) is 19.1 Å². The number of furan rings is 1. The number of carboxylic acid groups (broad SMARTS) is 1. The molecule has 19 heavy (non-hydrogen) atoms. The third-order valence-electron chi connectivity index (χ3n) is 2.71. The van der Waals surface area contributed by atoms with E-state index in [1.165, 1.54) is 0 Å². The van der Waals surface area contributed by atoms with Crippen LogP contribution in [-0.2, 0) is 13.1 Å². The number of halogens is 1. The van der Waals surface area contributed by atoms with Gasteiger partial charge in [-0.25, -0.2) is 4.79 Å². The number of hydrogen-bond acceptors (Lipinski definition) is 3. The lowest BCUT2D eigenvalue weighted by Gasteiger charge is -2.06. The molecule has 4 nitrogen and oxygen atoms in total. The second kappa shape index (κ2) is 6.04. The summed E-state index contributed by atoms with van der Waals surface area (Å²) < 4.78 is 6.24. The van der Waals surface area contributed by atoms with Gasteiger partial charge in [-0.2, -0.15) is 0 Å². The molecule has 1 heterocycles. The summed E-state index contributed by atoms with van der Waals surface area (Å²) in [5.41, 5.74) is 1.28. The summed E-state index contributed by atoms with van der Waals surface area (Å²) in [4.78, 5) is 10.8. The fourth-order valence-electron chi connectivity index (χ4n) is 1.72. The molecule has 2 N–H and O–H groups in total. The van der Waals surface area contributed by atoms with Crippen LogP contribution < -0.4 is 5.32 Å². The molecule has 0 spiro atoms. The lowest BCUT2D eigenvalue weighted by Crippen LogP contribution is -2.12. The summed E-state index contributed by atoms with van der Waals surface area (Å²) in [6, 6.07) is 8.87. The van der Waals surface area contributed by atoms with E-state index in [0.29, 0.717) is 13.1 Å². The van der Waals surface area contributed by atoms with Crippen molar-refractivity contribution < 1.29 is 14.3 Å². The summed E-state index contributed by atoms with van der Waals surface area (Å²) in [5, 5.41) is 12.1. The van der Waals surface area contributed by atoms with Crippen molar-refractivity contribution in [3.05, 3.63) is 57.5 Å². The number of carboxylic acids is 1. The molecule has 1 aromatic carbocycles. The minimum atomic E-state index is -0.925. The number of aromatic carboxylic acids is 1. The minimum absolute atomic E-state index is 0.275. The molecule has 0 unspecified atom stereocenters. The number of carbonyl (C=O) groups is 1. The normalized spacial score (nSPS) is 10.6. The standard InChI is InChI=1S/C14H14BrNO3/c1-9-2-5-12(19-9)8-16-7-11-4-3-10(14(17)18)6-13(11)15/h2-6,16H,7-8H2,1H3,(H,17,18). The smallest absolute Gasteiger partial charge is 0.335 e. The van der Waals surface area contributed by atoms with Crippen LogP contribution >= 0.6 is 15.9 Å². The summed E-state index contributed by atoms with van der Waals surface area (Å²) in [5.74, 6) is 0.853. The van der Waals surface area contributed by atoms with Gasteiger partial charge in [-0.1, -0.05) is 22.0 Å². The molecular formula is C14H14BrNO3. The van der Waals surface area contributed by atoms with E-state index in [4.69, 9.17) is 9.52 Å². The fourth-order valence-corrected chi connectivity index (χ4v) is 2.24. The van der Waals surface area contributed by atoms with Crippen LogP contribution in [0.2, 0.25) is 0 Å². The predicted molar refractivity (Wildman–Crippen MR) is 75.1 cm³/mol. The van der Waals surface area contributed by atoms with Crippen LogP contribution in [0.4, 0.5) is 0 Å². The lowest BCUT2D eigenvalue weighted by molar-refractivity contribution is 0.0697. The summed E-state index contributed by atoms with van der Waals surface area (Å²) in [6.07, 6.45) is 0. The highest BCUT2D eigenvalue weighted by Gasteiger charge is 2.06. The van der Waals surface area contributed by atoms with Crippen molar-refractivity contribution in [1.82, 2.24) is 5.32 Å². The highest BCUT2D eigenvalue weighted by atomic mass is 79.9. The fraction of sp³-hybridized carbons (Fsp3) is 0.214. The molecule has 0 bridgehead atoms. The molecule has 0 amide bonds. The molecule has 0 aliphatic rings. The Kier molecular flexibility index (Phi) is 4.39. The summed E-state index contributed by atoms with van der Waals surface area (Å²) >= 11 is 3.38. The van der Waals surface area contributed by atoms with E-state index in [0.717, 1.165) is 21.6 Å². The SMILES string of the molecule is Cc1ccc(CNCc2ccc(C(=O)O)cc2Br)o1. The van der Waals surface area contributed by atoms with Crippen molar-refractivity contribution in [2.24, 2.45) is 0 Å². The van der Waals surface area contributed by atoms with E-state index < -0.39 is 5.97 Å². The average molecular weight is 324 g/mol. The van der Waals surface area contributed by atoms with Crippen LogP contribution in [0.25, 0.3) is 0 Å². The first kappa shape index (κ1) is 13.8. The van der Waals surface area contributed by atoms with Gasteiger partial charge in [0.05, 0.1) is 12.1 Å². The van der Waals surface area contributed by atoms with Crippen LogP contribution in [0.15, 0.2) is 39.2 Å². The maximum absolute atomic E-state index is 10.8. The van der Waals surface area contributed by atoms with Crippen molar-refractivity contribution in [2.75, 3.05) is 0 Å². The van der Waals surface area contributed by atoms with Crippen LogP contribution in [0, 0.1) is 6.92 Å². The Morgan fingerprint density at radius 2 is 2.11 bits per heavy atom. The number of benzene rings is 1. The number of nitrogens with one attached hydrogen (secondary N) is 1. The first-order valence-corrected chi connectivity index (χ1v) is 6.63. The molecule has 0 aliphatic carbocycles. The van der Waals surface area contributed by atoms with Crippen molar-refractivity contribution in [3.63, 3.8) is 0 Å². The zero-order chi connectivity index (χ0) is 13.8. The highest BCUT2D eigenvalue weighted by molar-refractivity contribution is 9.10. The molecular weight excluding hydrogens is 310 g/mol. The van der Waals surface area contributed by atoms with E-state index in [9.17, 15) is 4.79 Å². The van der Waals surface area contributed by atoms with Crippen molar-refractivity contribution >= 4 is 21.9 Å². The Balaban J connectivity index is 1.94. The summed E-state index contributed by atoms with van der Waals surface area (Å²) in [7, 11) is 0. The lowest BCUT2D eigenvalue weighted by atomic mass is 10.1. The van der Waals surface area contributed by atoms with Gasteiger partial charge in [0.1, 0.15) is 11.5 Å². The summed E-state index contributed by atoms with van der Waals surface area (Å²) in [6.45, 7) is 3.19. The van der Waals surface area contributed by atoms with Crippen LogP contribution in [0.5, 0.6) is 0 Å². The largest absolute Gasteiger partial charge is 0.478 e. The highest BCUT2D eigenvalue weighted by Crippen LogP contribution is 2.19. The maximum Gasteiger partial charge on any atom is 0.335 e. The molecule has 1 aromatic heterocycles. The molecule has 0 atom stereocenters. The third-order valence-corrected chi connectivity index (χ3v) is 3.45. The molecule has 0 saturated carbocycles.